The third-order valence-corrected chi connectivity index (χ3v) is 4.22. The van der Waals surface area contributed by atoms with E-state index in [1.165, 1.54) is 18.2 Å². The Hall–Kier alpha value is -2.68. The van der Waals surface area contributed by atoms with Gasteiger partial charge in [-0.2, -0.15) is 0 Å². The molecule has 144 valence electrons. The maximum Gasteiger partial charge on any atom is 0.270 e. The van der Waals surface area contributed by atoms with Gasteiger partial charge in [-0.15, -0.1) is 12.4 Å². The van der Waals surface area contributed by atoms with E-state index in [1.54, 1.807) is 24.3 Å². The summed E-state index contributed by atoms with van der Waals surface area (Å²) in [6.45, 7) is 1.35. The number of aliphatic hydroxyl groups excluding tert-OH is 1. The molecule has 2 unspecified atom stereocenters. The molecule has 1 aliphatic heterocycles. The minimum atomic E-state index is -0.562. The lowest BCUT2D eigenvalue weighted by Crippen LogP contribution is -2.34. The Kier molecular flexibility index (Phi) is 7.12. The monoisotopic (exact) mass is 393 g/mol. The third kappa shape index (κ3) is 5.16. The van der Waals surface area contributed by atoms with Crippen molar-refractivity contribution >= 4 is 24.0 Å². The predicted octanol–water partition coefficient (Wildman–Crippen LogP) is 2.12. The van der Waals surface area contributed by atoms with Crippen LogP contribution in [0.4, 0.5) is 5.69 Å². The average Bonchev–Trinajstić information content (AvgIpc) is 3.05. The molecule has 0 bridgehead atoms. The largest absolute Gasteiger partial charge is 0.457 e. The van der Waals surface area contributed by atoms with Crippen LogP contribution in [0.3, 0.4) is 0 Å². The van der Waals surface area contributed by atoms with Crippen LogP contribution in [-0.2, 0) is 0 Å². The summed E-state index contributed by atoms with van der Waals surface area (Å²) in [5, 5.41) is 26.6. The number of carbonyl (C=O) groups is 1. The highest BCUT2D eigenvalue weighted by Gasteiger charge is 2.26. The van der Waals surface area contributed by atoms with Gasteiger partial charge in [0.25, 0.3) is 11.6 Å². The van der Waals surface area contributed by atoms with E-state index in [9.17, 15) is 20.0 Å². The van der Waals surface area contributed by atoms with Gasteiger partial charge in [0.1, 0.15) is 11.5 Å². The molecule has 1 saturated heterocycles. The van der Waals surface area contributed by atoms with Gasteiger partial charge in [0, 0.05) is 37.7 Å². The molecule has 1 amide bonds. The maximum atomic E-state index is 12.6. The molecule has 2 aromatic carbocycles. The molecule has 0 aromatic heterocycles. The Labute approximate surface area is 162 Å². The second-order valence-electron chi connectivity index (χ2n) is 6.05. The number of hydrogen-bond acceptors (Lipinski definition) is 6. The highest BCUT2D eigenvalue weighted by Crippen LogP contribution is 2.28. The van der Waals surface area contributed by atoms with Gasteiger partial charge in [0.15, 0.2) is 0 Å². The quantitative estimate of drug-likeness (QED) is 0.511. The first-order chi connectivity index (χ1) is 12.5. The predicted molar refractivity (Wildman–Crippen MR) is 102 cm³/mol. The number of aliphatic hydroxyl groups is 1. The normalized spacial score (nSPS) is 18.4. The van der Waals surface area contributed by atoms with Gasteiger partial charge in [-0.25, -0.2) is 0 Å². The molecule has 0 saturated carbocycles. The zero-order chi connectivity index (χ0) is 18.5. The second kappa shape index (κ2) is 9.31. The first-order valence-electron chi connectivity index (χ1n) is 8.23. The Morgan fingerprint density at radius 3 is 2.63 bits per heavy atom. The number of amides is 1. The van der Waals surface area contributed by atoms with Crippen molar-refractivity contribution in [2.75, 3.05) is 19.6 Å². The van der Waals surface area contributed by atoms with Crippen molar-refractivity contribution in [1.29, 1.82) is 0 Å². The Bertz CT molecular complexity index is 803. The van der Waals surface area contributed by atoms with Crippen LogP contribution in [0.2, 0.25) is 0 Å². The fraction of sp³-hybridized carbons (Fsp3) is 0.278. The van der Waals surface area contributed by atoms with E-state index in [1.807, 2.05) is 6.07 Å². The minimum absolute atomic E-state index is 0. The van der Waals surface area contributed by atoms with Gasteiger partial charge in [-0.3, -0.25) is 14.9 Å². The highest BCUT2D eigenvalue weighted by molar-refractivity contribution is 5.97. The third-order valence-electron chi connectivity index (χ3n) is 4.22. The molecule has 3 N–H and O–H groups in total. The molecule has 0 aliphatic carbocycles. The molecule has 27 heavy (non-hydrogen) atoms. The van der Waals surface area contributed by atoms with Gasteiger partial charge >= 0.3 is 0 Å². The van der Waals surface area contributed by atoms with Crippen LogP contribution in [0, 0.1) is 16.0 Å². The van der Waals surface area contributed by atoms with Gasteiger partial charge in [0.2, 0.25) is 0 Å². The summed E-state index contributed by atoms with van der Waals surface area (Å²) in [6, 6.07) is 12.7. The van der Waals surface area contributed by atoms with E-state index in [0.29, 0.717) is 18.8 Å². The summed E-state index contributed by atoms with van der Waals surface area (Å²) in [7, 11) is 0. The number of carbonyl (C=O) groups excluding carboxylic acids is 1. The van der Waals surface area contributed by atoms with Crippen LogP contribution >= 0.6 is 12.4 Å². The van der Waals surface area contributed by atoms with Crippen LogP contribution in [0.5, 0.6) is 11.5 Å². The van der Waals surface area contributed by atoms with Crippen LogP contribution < -0.4 is 15.4 Å². The van der Waals surface area contributed by atoms with Gasteiger partial charge in [0.05, 0.1) is 16.6 Å². The van der Waals surface area contributed by atoms with Crippen LogP contribution in [0.25, 0.3) is 0 Å². The van der Waals surface area contributed by atoms with E-state index in [4.69, 9.17) is 4.74 Å². The number of nitro groups is 1. The topological polar surface area (TPSA) is 114 Å². The molecule has 8 nitrogen and oxygen atoms in total. The van der Waals surface area contributed by atoms with E-state index in [0.717, 1.165) is 0 Å². The number of para-hydroxylation sites is 1. The van der Waals surface area contributed by atoms with Crippen molar-refractivity contribution in [2.45, 2.75) is 6.10 Å². The summed E-state index contributed by atoms with van der Waals surface area (Å²) < 4.78 is 5.71. The van der Waals surface area contributed by atoms with E-state index in [2.05, 4.69) is 10.6 Å². The second-order valence-corrected chi connectivity index (χ2v) is 6.05. The molecule has 0 radical (unpaired) electrons. The molecular weight excluding hydrogens is 374 g/mol. The van der Waals surface area contributed by atoms with Crippen molar-refractivity contribution in [3.8, 4) is 11.5 Å². The van der Waals surface area contributed by atoms with Crippen molar-refractivity contribution in [3.63, 3.8) is 0 Å². The van der Waals surface area contributed by atoms with Crippen molar-refractivity contribution in [3.05, 3.63) is 64.2 Å². The number of β-amino-alcohol motifs (C(OH)–C–C–N with tert-alkyl or cyclic N) is 1. The Morgan fingerprint density at radius 1 is 1.26 bits per heavy atom. The summed E-state index contributed by atoms with van der Waals surface area (Å²) in [4.78, 5) is 23.1. The fourth-order valence-corrected chi connectivity index (χ4v) is 2.76. The number of nitrogens with one attached hydrogen (secondary N) is 2. The lowest BCUT2D eigenvalue weighted by Gasteiger charge is -2.15. The number of benzene rings is 2. The first-order valence-corrected chi connectivity index (χ1v) is 8.23. The number of ether oxygens (including phenoxy) is 1. The first kappa shape index (κ1) is 20.6. The molecule has 1 fully saturated rings. The number of hydrogen-bond donors (Lipinski definition) is 3. The lowest BCUT2D eigenvalue weighted by atomic mass is 10.1. The van der Waals surface area contributed by atoms with Crippen molar-refractivity contribution < 1.29 is 19.6 Å². The highest BCUT2D eigenvalue weighted by atomic mass is 35.5. The van der Waals surface area contributed by atoms with Crippen LogP contribution in [0.15, 0.2) is 48.5 Å². The number of non-ortho nitro benzene ring substituents is 1. The van der Waals surface area contributed by atoms with Gasteiger partial charge in [-0.05, 0) is 18.2 Å². The van der Waals surface area contributed by atoms with E-state index in [-0.39, 0.29) is 41.9 Å². The molecule has 0 spiro atoms. The number of halogens is 1. The summed E-state index contributed by atoms with van der Waals surface area (Å²) in [5.41, 5.74) is -0.123. The van der Waals surface area contributed by atoms with E-state index < -0.39 is 16.9 Å². The van der Waals surface area contributed by atoms with Gasteiger partial charge in [-0.1, -0.05) is 18.2 Å². The van der Waals surface area contributed by atoms with E-state index >= 15 is 0 Å². The molecule has 1 aliphatic rings. The molecule has 2 atom stereocenters. The molecule has 2 aromatic rings. The van der Waals surface area contributed by atoms with Crippen molar-refractivity contribution in [2.24, 2.45) is 5.92 Å². The average molecular weight is 394 g/mol. The fourth-order valence-electron chi connectivity index (χ4n) is 2.76. The molecule has 9 heteroatoms. The van der Waals surface area contributed by atoms with Crippen molar-refractivity contribution in [1.82, 2.24) is 10.6 Å². The van der Waals surface area contributed by atoms with Crippen LogP contribution in [-0.4, -0.2) is 41.7 Å². The Morgan fingerprint density at radius 2 is 2.00 bits per heavy atom. The standard InChI is InChI=1S/C18H19N3O5.ClH/c22-16-11-19-9-12(16)10-20-18(23)15-8-13(21(24)25)6-7-17(15)26-14-4-2-1-3-5-14;/h1-8,12,16,19,22H,9-11H2,(H,20,23);1H. The lowest BCUT2D eigenvalue weighted by molar-refractivity contribution is -0.384. The number of rotatable bonds is 6. The van der Waals surface area contributed by atoms with Gasteiger partial charge < -0.3 is 20.5 Å². The number of nitrogens with zero attached hydrogens (tertiary/aromatic N) is 1. The zero-order valence-electron chi connectivity index (χ0n) is 14.3. The molecule has 3 rings (SSSR count). The maximum absolute atomic E-state index is 12.6. The summed E-state index contributed by atoms with van der Waals surface area (Å²) >= 11 is 0. The zero-order valence-corrected chi connectivity index (χ0v) is 15.1. The Balaban J connectivity index is 0.00000261. The van der Waals surface area contributed by atoms with Crippen LogP contribution in [0.1, 0.15) is 10.4 Å². The summed E-state index contributed by atoms with van der Waals surface area (Å²) in [5.74, 6) is 0.157. The summed E-state index contributed by atoms with van der Waals surface area (Å²) in [6.07, 6.45) is -0.527. The minimum Gasteiger partial charge on any atom is -0.457 e. The molecule has 1 heterocycles. The molecular formula is C18H20ClN3O5. The number of nitro benzene ring substituents is 1. The smallest absolute Gasteiger partial charge is 0.270 e. The SMILES string of the molecule is Cl.O=C(NCC1CNCC1O)c1cc([N+](=O)[O-])ccc1Oc1ccccc1.